The highest BCUT2D eigenvalue weighted by Gasteiger charge is 2.34. The second-order valence-electron chi connectivity index (χ2n) is 9.17. The predicted molar refractivity (Wildman–Crippen MR) is 148 cm³/mol. The number of anilines is 1. The Morgan fingerprint density at radius 2 is 1.77 bits per heavy atom. The van der Waals surface area contributed by atoms with Crippen molar-refractivity contribution >= 4 is 44.3 Å². The molecule has 0 atom stereocenters. The van der Waals surface area contributed by atoms with E-state index in [0.717, 1.165) is 18.1 Å². The van der Waals surface area contributed by atoms with Crippen molar-refractivity contribution in [3.63, 3.8) is 0 Å². The van der Waals surface area contributed by atoms with E-state index in [1.807, 2.05) is 12.1 Å². The highest BCUT2D eigenvalue weighted by Crippen LogP contribution is 2.32. The average molecular weight is 618 g/mol. The molecule has 210 valence electrons. The van der Waals surface area contributed by atoms with Crippen LogP contribution in [0.1, 0.15) is 49.8 Å². The second kappa shape index (κ2) is 12.2. The molecule has 0 aliphatic carbocycles. The molecule has 0 fully saturated rings. The molecule has 2 heterocycles. The molecule has 12 heteroatoms. The van der Waals surface area contributed by atoms with Gasteiger partial charge in [-0.3, -0.25) is 14.3 Å². The first kappa shape index (κ1) is 29.2. The number of carbonyl (C=O) groups excluding carboxylic acids is 2. The van der Waals surface area contributed by atoms with Gasteiger partial charge in [-0.1, -0.05) is 28.1 Å². The minimum atomic E-state index is -4.72. The lowest BCUT2D eigenvalue weighted by Crippen LogP contribution is -2.25. The number of ether oxygens (including phenoxy) is 1. The Morgan fingerprint density at radius 3 is 2.45 bits per heavy atom. The van der Waals surface area contributed by atoms with Gasteiger partial charge in [-0.25, -0.2) is 4.98 Å². The third-order valence-electron chi connectivity index (χ3n) is 6.29. The summed E-state index contributed by atoms with van der Waals surface area (Å²) in [5.74, 6) is -0.884. The minimum absolute atomic E-state index is 0.0550. The number of nitrogens with zero attached hydrogens (tertiary/aromatic N) is 3. The van der Waals surface area contributed by atoms with Crippen LogP contribution in [0.4, 0.5) is 18.9 Å². The number of halogens is 4. The average Bonchev–Trinajstić information content (AvgIpc) is 3.17. The highest BCUT2D eigenvalue weighted by atomic mass is 79.9. The summed E-state index contributed by atoms with van der Waals surface area (Å²) in [5, 5.41) is 10.4. The Kier molecular flexibility index (Phi) is 8.89. The molecule has 4 aromatic rings. The minimum Gasteiger partial charge on any atom is -0.385 e. The molecule has 2 aromatic carbocycles. The number of alkyl halides is 3. The number of rotatable bonds is 9. The lowest BCUT2D eigenvalue weighted by molar-refractivity contribution is -0.141. The van der Waals surface area contributed by atoms with Crippen LogP contribution >= 0.6 is 15.9 Å². The molecule has 0 aliphatic rings. The molecular weight excluding hydrogens is 591 g/mol. The molecule has 0 aliphatic heterocycles. The van der Waals surface area contributed by atoms with Crippen LogP contribution in [0, 0.1) is 13.8 Å². The van der Waals surface area contributed by atoms with E-state index in [1.165, 1.54) is 6.07 Å². The molecule has 0 saturated heterocycles. The first-order valence-corrected chi connectivity index (χ1v) is 13.2. The Hall–Kier alpha value is -3.77. The van der Waals surface area contributed by atoms with E-state index >= 15 is 0 Å². The fourth-order valence-electron chi connectivity index (χ4n) is 4.20. The maximum atomic E-state index is 13.5. The third kappa shape index (κ3) is 6.68. The smallest absolute Gasteiger partial charge is 0.385 e. The van der Waals surface area contributed by atoms with Gasteiger partial charge >= 0.3 is 6.18 Å². The number of hydrogen-bond acceptors (Lipinski definition) is 5. The van der Waals surface area contributed by atoms with E-state index < -0.39 is 17.8 Å². The molecule has 0 unspecified atom stereocenters. The molecule has 8 nitrogen and oxygen atoms in total. The summed E-state index contributed by atoms with van der Waals surface area (Å²) in [5.41, 5.74) is 1.70. The van der Waals surface area contributed by atoms with Gasteiger partial charge in [0, 0.05) is 35.7 Å². The van der Waals surface area contributed by atoms with Crippen LogP contribution in [-0.2, 0) is 17.5 Å². The van der Waals surface area contributed by atoms with E-state index in [0.29, 0.717) is 46.8 Å². The SMILES string of the molecule is COCCCNC(=O)c1ccc(Cn2nc(C)c(NC(=O)c3cc(C(F)(F)F)nc4ccc(Br)cc34)c2C)cc1. The van der Waals surface area contributed by atoms with Crippen molar-refractivity contribution in [1.29, 1.82) is 0 Å². The fourth-order valence-corrected chi connectivity index (χ4v) is 4.56. The normalized spacial score (nSPS) is 11.6. The number of aromatic nitrogens is 3. The van der Waals surface area contributed by atoms with Gasteiger partial charge in [0.15, 0.2) is 0 Å². The molecule has 2 N–H and O–H groups in total. The number of aryl methyl sites for hydroxylation is 1. The van der Waals surface area contributed by atoms with Crippen molar-refractivity contribution in [2.45, 2.75) is 33.0 Å². The van der Waals surface area contributed by atoms with Crippen LogP contribution in [0.3, 0.4) is 0 Å². The van der Waals surface area contributed by atoms with Gasteiger partial charge in [-0.2, -0.15) is 18.3 Å². The summed E-state index contributed by atoms with van der Waals surface area (Å²) in [7, 11) is 1.61. The summed E-state index contributed by atoms with van der Waals surface area (Å²) < 4.78 is 47.8. The van der Waals surface area contributed by atoms with E-state index in [2.05, 4.69) is 36.6 Å². The van der Waals surface area contributed by atoms with Crippen molar-refractivity contribution < 1.29 is 27.5 Å². The van der Waals surface area contributed by atoms with Gasteiger partial charge in [0.25, 0.3) is 11.8 Å². The summed E-state index contributed by atoms with van der Waals surface area (Å²) in [6.07, 6.45) is -4.00. The van der Waals surface area contributed by atoms with Crippen LogP contribution in [0.5, 0.6) is 0 Å². The monoisotopic (exact) mass is 617 g/mol. The third-order valence-corrected chi connectivity index (χ3v) is 6.78. The zero-order chi connectivity index (χ0) is 29.0. The summed E-state index contributed by atoms with van der Waals surface area (Å²) in [4.78, 5) is 29.3. The Morgan fingerprint density at radius 1 is 1.05 bits per heavy atom. The van der Waals surface area contributed by atoms with Crippen LogP contribution in [0.2, 0.25) is 0 Å². The number of pyridine rings is 1. The Bertz CT molecular complexity index is 1550. The molecule has 0 saturated carbocycles. The fraction of sp³-hybridized carbons (Fsp3) is 0.286. The van der Waals surface area contributed by atoms with Gasteiger partial charge in [-0.15, -0.1) is 0 Å². The van der Waals surface area contributed by atoms with E-state index in [-0.39, 0.29) is 22.4 Å². The van der Waals surface area contributed by atoms with Gasteiger partial charge in [-0.05, 0) is 62.2 Å². The van der Waals surface area contributed by atoms with Crippen LogP contribution in [0.25, 0.3) is 10.9 Å². The zero-order valence-corrected chi connectivity index (χ0v) is 23.6. The van der Waals surface area contributed by atoms with Gasteiger partial charge in [0.2, 0.25) is 0 Å². The molecule has 40 heavy (non-hydrogen) atoms. The topological polar surface area (TPSA) is 98.1 Å². The number of fused-ring (bicyclic) bond motifs is 1. The van der Waals surface area contributed by atoms with Crippen molar-refractivity contribution in [2.75, 3.05) is 25.6 Å². The van der Waals surface area contributed by atoms with Gasteiger partial charge in [0.05, 0.1) is 34.7 Å². The Labute approximate surface area is 237 Å². The number of hydrogen-bond donors (Lipinski definition) is 2. The maximum absolute atomic E-state index is 13.5. The molecular formula is C28H27BrF3N5O3. The lowest BCUT2D eigenvalue weighted by atomic mass is 10.1. The number of methoxy groups -OCH3 is 1. The molecule has 2 amide bonds. The highest BCUT2D eigenvalue weighted by molar-refractivity contribution is 9.10. The first-order chi connectivity index (χ1) is 19.0. The maximum Gasteiger partial charge on any atom is 0.433 e. The van der Waals surface area contributed by atoms with Crippen LogP contribution in [-0.4, -0.2) is 46.8 Å². The lowest BCUT2D eigenvalue weighted by Gasteiger charge is -2.13. The van der Waals surface area contributed by atoms with E-state index in [4.69, 9.17) is 4.74 Å². The predicted octanol–water partition coefficient (Wildman–Crippen LogP) is 5.90. The number of amides is 2. The number of carbonyl (C=O) groups is 2. The van der Waals surface area contributed by atoms with Crippen molar-refractivity contribution in [2.24, 2.45) is 0 Å². The van der Waals surface area contributed by atoms with Gasteiger partial charge in [0.1, 0.15) is 5.69 Å². The quantitative estimate of drug-likeness (QED) is 0.228. The van der Waals surface area contributed by atoms with Crippen LogP contribution in [0.15, 0.2) is 53.0 Å². The van der Waals surface area contributed by atoms with Crippen molar-refractivity contribution in [1.82, 2.24) is 20.1 Å². The molecule has 0 spiro atoms. The summed E-state index contributed by atoms with van der Waals surface area (Å²) >= 11 is 3.31. The van der Waals surface area contributed by atoms with Gasteiger partial charge < -0.3 is 15.4 Å². The van der Waals surface area contributed by atoms with E-state index in [9.17, 15) is 22.8 Å². The van der Waals surface area contributed by atoms with Crippen molar-refractivity contribution in [3.05, 3.63) is 86.8 Å². The number of benzene rings is 2. The molecule has 2 aromatic heterocycles. The zero-order valence-electron chi connectivity index (χ0n) is 22.0. The summed E-state index contributed by atoms with van der Waals surface area (Å²) in [6.45, 7) is 4.91. The van der Waals surface area contributed by atoms with Crippen LogP contribution < -0.4 is 10.6 Å². The summed E-state index contributed by atoms with van der Waals surface area (Å²) in [6, 6.07) is 12.4. The standard InChI is InChI=1S/C28H27BrF3N5O3/c1-16-25(35-27(39)22-14-24(28(30,31)32)34-23-10-9-20(29)13-21(22)23)17(2)37(36-16)15-18-5-7-19(8-6-18)26(38)33-11-4-12-40-3/h5-10,13-14H,4,11-12,15H2,1-3H3,(H,33,38)(H,35,39). The number of nitrogens with one attached hydrogen (secondary N) is 2. The molecule has 4 rings (SSSR count). The largest absolute Gasteiger partial charge is 0.433 e. The molecule has 0 bridgehead atoms. The van der Waals surface area contributed by atoms with E-state index in [1.54, 1.807) is 49.9 Å². The first-order valence-electron chi connectivity index (χ1n) is 12.4. The van der Waals surface area contributed by atoms with Crippen molar-refractivity contribution in [3.8, 4) is 0 Å². The second-order valence-corrected chi connectivity index (χ2v) is 10.1. The Balaban J connectivity index is 1.54. The molecule has 0 radical (unpaired) electrons.